The molecule has 1 aromatic carbocycles. The van der Waals surface area contributed by atoms with Crippen LogP contribution in [0.2, 0.25) is 0 Å². The number of guanidine groups is 1. The van der Waals surface area contributed by atoms with E-state index in [1.807, 2.05) is 7.05 Å². The first-order chi connectivity index (χ1) is 9.36. The molecule has 0 heterocycles. The number of nitrogens with zero attached hydrogens (tertiary/aromatic N) is 1. The fourth-order valence-corrected chi connectivity index (χ4v) is 2.89. The van der Waals surface area contributed by atoms with Gasteiger partial charge in [0.15, 0.2) is 5.96 Å². The molecular formula is C16H22IN3. The number of hydrogen-bond acceptors (Lipinski definition) is 1. The fraction of sp³-hybridized carbons (Fsp3) is 0.438. The van der Waals surface area contributed by atoms with Crippen LogP contribution in [-0.2, 0) is 6.42 Å². The minimum atomic E-state index is 0. The maximum absolute atomic E-state index is 4.30. The first-order valence-corrected chi connectivity index (χ1v) is 7.07. The number of halogens is 1. The summed E-state index contributed by atoms with van der Waals surface area (Å²) in [6, 6.07) is 9.23. The zero-order chi connectivity index (χ0) is 13.1. The van der Waals surface area contributed by atoms with E-state index < -0.39 is 0 Å². The van der Waals surface area contributed by atoms with Crippen LogP contribution in [0.3, 0.4) is 0 Å². The lowest BCUT2D eigenvalue weighted by atomic mass is 9.78. The molecule has 1 aromatic rings. The Kier molecular flexibility index (Phi) is 5.46. The smallest absolute Gasteiger partial charge is 0.191 e. The molecule has 0 saturated heterocycles. The summed E-state index contributed by atoms with van der Waals surface area (Å²) in [5.74, 6) is 1.56. The molecule has 0 bridgehead atoms. The maximum atomic E-state index is 4.30. The lowest BCUT2D eigenvalue weighted by Gasteiger charge is -2.31. The number of nitrogens with one attached hydrogen (secondary N) is 2. The normalized spacial score (nSPS) is 20.9. The van der Waals surface area contributed by atoms with Crippen molar-refractivity contribution in [2.45, 2.75) is 31.2 Å². The molecule has 20 heavy (non-hydrogen) atoms. The van der Waals surface area contributed by atoms with Gasteiger partial charge in [0.05, 0.1) is 0 Å². The quantitative estimate of drug-likeness (QED) is 0.365. The largest absolute Gasteiger partial charge is 0.356 e. The minimum Gasteiger partial charge on any atom is -0.356 e. The molecule has 4 heteroatoms. The van der Waals surface area contributed by atoms with Crippen LogP contribution >= 0.6 is 24.0 Å². The van der Waals surface area contributed by atoms with Crippen molar-refractivity contribution in [3.63, 3.8) is 0 Å². The summed E-state index contributed by atoms with van der Waals surface area (Å²) in [7, 11) is 1.84. The molecule has 1 unspecified atom stereocenters. The molecule has 0 radical (unpaired) electrons. The molecule has 0 spiro atoms. The maximum Gasteiger partial charge on any atom is 0.191 e. The lowest BCUT2D eigenvalue weighted by molar-refractivity contribution is 0.571. The summed E-state index contributed by atoms with van der Waals surface area (Å²) >= 11 is 0. The highest BCUT2D eigenvalue weighted by Crippen LogP contribution is 2.33. The van der Waals surface area contributed by atoms with Crippen LogP contribution in [-0.4, -0.2) is 25.6 Å². The van der Waals surface area contributed by atoms with Crippen molar-refractivity contribution in [1.29, 1.82) is 0 Å². The summed E-state index contributed by atoms with van der Waals surface area (Å²) in [5.41, 5.74) is 2.99. The monoisotopic (exact) mass is 383 g/mol. The predicted octanol–water partition coefficient (Wildman–Crippen LogP) is 2.83. The van der Waals surface area contributed by atoms with Crippen LogP contribution in [0.4, 0.5) is 0 Å². The minimum absolute atomic E-state index is 0. The summed E-state index contributed by atoms with van der Waals surface area (Å²) < 4.78 is 0. The van der Waals surface area contributed by atoms with Crippen LogP contribution in [0.25, 0.3) is 0 Å². The first-order valence-electron chi connectivity index (χ1n) is 7.07. The van der Waals surface area contributed by atoms with Gasteiger partial charge < -0.3 is 10.6 Å². The van der Waals surface area contributed by atoms with Gasteiger partial charge in [0, 0.05) is 25.6 Å². The Balaban J connectivity index is 0.00000147. The molecule has 0 fully saturated rings. The average Bonchev–Trinajstić information content (AvgIpc) is 2.91. The highest BCUT2D eigenvalue weighted by molar-refractivity contribution is 14.0. The Bertz CT molecular complexity index is 502. The van der Waals surface area contributed by atoms with Gasteiger partial charge >= 0.3 is 0 Å². The van der Waals surface area contributed by atoms with E-state index in [-0.39, 0.29) is 24.0 Å². The highest BCUT2D eigenvalue weighted by atomic mass is 127. The predicted molar refractivity (Wildman–Crippen MR) is 95.0 cm³/mol. The van der Waals surface area contributed by atoms with Gasteiger partial charge in [-0.05, 0) is 30.4 Å². The molecule has 108 valence electrons. The van der Waals surface area contributed by atoms with E-state index in [9.17, 15) is 0 Å². The molecule has 2 aliphatic carbocycles. The van der Waals surface area contributed by atoms with E-state index in [1.54, 1.807) is 0 Å². The first kappa shape index (κ1) is 15.4. The van der Waals surface area contributed by atoms with E-state index in [4.69, 9.17) is 0 Å². The van der Waals surface area contributed by atoms with Crippen LogP contribution < -0.4 is 10.6 Å². The molecular weight excluding hydrogens is 361 g/mol. The van der Waals surface area contributed by atoms with Crippen molar-refractivity contribution in [2.75, 3.05) is 13.6 Å². The Labute approximate surface area is 138 Å². The second-order valence-electron chi connectivity index (χ2n) is 5.34. The van der Waals surface area contributed by atoms with Gasteiger partial charge in [-0.15, -0.1) is 24.0 Å². The third kappa shape index (κ3) is 3.34. The van der Waals surface area contributed by atoms with Crippen molar-refractivity contribution in [2.24, 2.45) is 4.99 Å². The molecule has 3 rings (SSSR count). The summed E-state index contributed by atoms with van der Waals surface area (Å²) in [4.78, 5) is 4.30. The lowest BCUT2D eigenvalue weighted by Crippen LogP contribution is -2.44. The number of aliphatic imine (C=N–C) groups is 1. The number of fused-ring (bicyclic) bond motifs is 1. The molecule has 0 saturated carbocycles. The molecule has 0 aromatic heterocycles. The van der Waals surface area contributed by atoms with Gasteiger partial charge in [0.2, 0.25) is 0 Å². The van der Waals surface area contributed by atoms with E-state index in [1.165, 1.54) is 17.5 Å². The standard InChI is InChI=1S/C16H21N3.HI/c1-17-16(19-14-7-3-4-8-14)18-11-13-10-12-6-2-5-9-15(12)13;/h2-6,9,13-14H,7-8,10-11H2,1H3,(H2,17,18,19);1H. The third-order valence-corrected chi connectivity index (χ3v) is 4.05. The molecule has 0 aliphatic heterocycles. The molecule has 0 amide bonds. The van der Waals surface area contributed by atoms with Crippen molar-refractivity contribution >= 4 is 29.9 Å². The fourth-order valence-electron chi connectivity index (χ4n) is 2.89. The van der Waals surface area contributed by atoms with Crippen LogP contribution in [0, 0.1) is 0 Å². The number of benzene rings is 1. The number of hydrogen-bond donors (Lipinski definition) is 2. The van der Waals surface area contributed by atoms with Gasteiger partial charge in [-0.25, -0.2) is 0 Å². The highest BCUT2D eigenvalue weighted by Gasteiger charge is 2.25. The Morgan fingerprint density at radius 2 is 2.00 bits per heavy atom. The van der Waals surface area contributed by atoms with Gasteiger partial charge in [-0.3, -0.25) is 4.99 Å². The topological polar surface area (TPSA) is 36.4 Å². The van der Waals surface area contributed by atoms with E-state index in [0.717, 1.165) is 25.3 Å². The van der Waals surface area contributed by atoms with Gasteiger partial charge in [-0.1, -0.05) is 36.4 Å². The Morgan fingerprint density at radius 1 is 1.25 bits per heavy atom. The van der Waals surface area contributed by atoms with E-state index >= 15 is 0 Å². The van der Waals surface area contributed by atoms with Crippen molar-refractivity contribution in [1.82, 2.24) is 10.6 Å². The van der Waals surface area contributed by atoms with Crippen molar-refractivity contribution in [3.8, 4) is 0 Å². The van der Waals surface area contributed by atoms with E-state index in [0.29, 0.717) is 12.0 Å². The van der Waals surface area contributed by atoms with Crippen molar-refractivity contribution < 1.29 is 0 Å². The van der Waals surface area contributed by atoms with Gasteiger partial charge in [-0.2, -0.15) is 0 Å². The van der Waals surface area contributed by atoms with Crippen molar-refractivity contribution in [3.05, 3.63) is 47.5 Å². The van der Waals surface area contributed by atoms with Gasteiger partial charge in [0.25, 0.3) is 0 Å². The second-order valence-corrected chi connectivity index (χ2v) is 5.34. The molecule has 2 aliphatic rings. The summed E-state index contributed by atoms with van der Waals surface area (Å²) in [5, 5.41) is 6.92. The molecule has 3 nitrogen and oxygen atoms in total. The average molecular weight is 383 g/mol. The van der Waals surface area contributed by atoms with Gasteiger partial charge in [0.1, 0.15) is 0 Å². The van der Waals surface area contributed by atoms with Crippen LogP contribution in [0.5, 0.6) is 0 Å². The van der Waals surface area contributed by atoms with Crippen LogP contribution in [0.1, 0.15) is 29.9 Å². The molecule has 1 atom stereocenters. The third-order valence-electron chi connectivity index (χ3n) is 4.05. The zero-order valence-electron chi connectivity index (χ0n) is 11.8. The second kappa shape index (κ2) is 7.11. The Morgan fingerprint density at radius 3 is 2.70 bits per heavy atom. The van der Waals surface area contributed by atoms with E-state index in [2.05, 4.69) is 52.0 Å². The zero-order valence-corrected chi connectivity index (χ0v) is 14.1. The number of rotatable bonds is 3. The van der Waals surface area contributed by atoms with Crippen LogP contribution in [0.15, 0.2) is 41.4 Å². The summed E-state index contributed by atoms with van der Waals surface area (Å²) in [6.07, 6.45) is 7.85. The SMILES string of the molecule is CN=C(NCC1Cc2ccccc21)NC1CC=CC1.I. The molecule has 2 N–H and O–H groups in total. The summed E-state index contributed by atoms with van der Waals surface area (Å²) in [6.45, 7) is 0.969. The Hall–Kier alpha value is -1.04.